The van der Waals surface area contributed by atoms with E-state index in [2.05, 4.69) is 4.74 Å². The molecule has 0 aliphatic rings. The summed E-state index contributed by atoms with van der Waals surface area (Å²) in [7, 11) is -2.35. The third kappa shape index (κ3) is 5.38. The molecule has 0 saturated carbocycles. The van der Waals surface area contributed by atoms with Crippen LogP contribution in [-0.4, -0.2) is 33.7 Å². The molecule has 34 heavy (non-hydrogen) atoms. The first kappa shape index (κ1) is 25.2. The van der Waals surface area contributed by atoms with E-state index in [1.807, 2.05) is 4.72 Å². The fraction of sp³-hybridized carbons (Fsp3) is 0.136. The molecule has 180 valence electrons. The highest BCUT2D eigenvalue weighted by Crippen LogP contribution is 2.36. The van der Waals surface area contributed by atoms with Crippen LogP contribution < -0.4 is 14.2 Å². The maximum Gasteiger partial charge on any atom is 0.337 e. The second-order valence-electron chi connectivity index (χ2n) is 6.76. The lowest BCUT2D eigenvalue weighted by molar-refractivity contribution is 0.0600. The second kappa shape index (κ2) is 10.2. The second-order valence-corrected chi connectivity index (χ2v) is 8.81. The van der Waals surface area contributed by atoms with Gasteiger partial charge in [0.15, 0.2) is 17.3 Å². The van der Waals surface area contributed by atoms with Crippen molar-refractivity contribution in [1.82, 2.24) is 0 Å². The molecule has 8 nitrogen and oxygen atoms in total. The van der Waals surface area contributed by atoms with Crippen molar-refractivity contribution in [3.8, 4) is 17.2 Å². The van der Waals surface area contributed by atoms with Crippen LogP contribution in [0.2, 0.25) is 5.02 Å². The van der Waals surface area contributed by atoms with Gasteiger partial charge in [0.2, 0.25) is 0 Å². The van der Waals surface area contributed by atoms with Crippen LogP contribution in [0.15, 0.2) is 53.4 Å². The van der Waals surface area contributed by atoms with Crippen LogP contribution in [0.5, 0.6) is 17.2 Å². The van der Waals surface area contributed by atoms with E-state index in [0.717, 1.165) is 32.4 Å². The van der Waals surface area contributed by atoms with Gasteiger partial charge in [0.05, 0.1) is 37.1 Å². The molecule has 0 aliphatic carbocycles. The van der Waals surface area contributed by atoms with Crippen LogP contribution in [0, 0.1) is 11.6 Å². The molecule has 0 bridgehead atoms. The molecule has 0 fully saturated rings. The normalized spacial score (nSPS) is 11.1. The number of anilines is 1. The molecule has 12 heteroatoms. The monoisotopic (exact) mass is 513 g/mol. The standard InChI is InChI=1S/C22H18ClF2NO7S/c1-31-21-15(23)7-13(22(28)32-2)8-20(21)34(29,30)26-18-10-19(17(25)9-16(18)24)33-14-5-3-4-12(6-14)11-27/h3-10,26-27H,11H2,1-2H3. The first-order valence-corrected chi connectivity index (χ1v) is 11.3. The molecular formula is C22H18ClF2NO7S. The van der Waals surface area contributed by atoms with Crippen molar-refractivity contribution in [3.05, 3.63) is 76.3 Å². The number of carbonyl (C=O) groups is 1. The van der Waals surface area contributed by atoms with Crippen LogP contribution >= 0.6 is 11.6 Å². The lowest BCUT2D eigenvalue weighted by Gasteiger charge is -2.15. The Labute approximate surface area is 198 Å². The number of ether oxygens (including phenoxy) is 3. The first-order valence-electron chi connectivity index (χ1n) is 9.45. The van der Waals surface area contributed by atoms with Crippen LogP contribution in [0.3, 0.4) is 0 Å². The SMILES string of the molecule is COC(=O)c1cc(Cl)c(OC)c(S(=O)(=O)Nc2cc(Oc3cccc(CO)c3)c(F)cc2F)c1. The Kier molecular flexibility index (Phi) is 7.60. The Bertz CT molecular complexity index is 1350. The van der Waals surface area contributed by atoms with E-state index in [4.69, 9.17) is 21.1 Å². The molecule has 3 aromatic rings. The lowest BCUT2D eigenvalue weighted by atomic mass is 10.2. The maximum atomic E-state index is 14.5. The smallest absolute Gasteiger partial charge is 0.337 e. The molecule has 0 aromatic heterocycles. The minimum atomic E-state index is -4.60. The summed E-state index contributed by atoms with van der Waals surface area (Å²) in [5, 5.41) is 9.02. The van der Waals surface area contributed by atoms with E-state index < -0.39 is 44.0 Å². The Morgan fingerprint density at radius 1 is 1.09 bits per heavy atom. The van der Waals surface area contributed by atoms with Crippen molar-refractivity contribution in [2.45, 2.75) is 11.5 Å². The van der Waals surface area contributed by atoms with Crippen molar-refractivity contribution in [2.75, 3.05) is 18.9 Å². The van der Waals surface area contributed by atoms with Crippen molar-refractivity contribution in [3.63, 3.8) is 0 Å². The Morgan fingerprint density at radius 3 is 2.47 bits per heavy atom. The Morgan fingerprint density at radius 2 is 1.82 bits per heavy atom. The largest absolute Gasteiger partial charge is 0.494 e. The van der Waals surface area contributed by atoms with E-state index in [1.165, 1.54) is 12.1 Å². The van der Waals surface area contributed by atoms with Crippen molar-refractivity contribution in [1.29, 1.82) is 0 Å². The lowest BCUT2D eigenvalue weighted by Crippen LogP contribution is -2.16. The maximum absolute atomic E-state index is 14.5. The van der Waals surface area contributed by atoms with Gasteiger partial charge in [-0.3, -0.25) is 4.72 Å². The van der Waals surface area contributed by atoms with Gasteiger partial charge in [0.25, 0.3) is 10.0 Å². The van der Waals surface area contributed by atoms with Gasteiger partial charge in [-0.25, -0.2) is 22.0 Å². The Hall–Kier alpha value is -3.41. The van der Waals surface area contributed by atoms with Crippen LogP contribution in [-0.2, 0) is 21.4 Å². The number of hydrogen-bond acceptors (Lipinski definition) is 7. The van der Waals surface area contributed by atoms with Gasteiger partial charge in [-0.15, -0.1) is 0 Å². The summed E-state index contributed by atoms with van der Waals surface area (Å²) in [6.07, 6.45) is 0. The molecule has 0 atom stereocenters. The zero-order chi connectivity index (χ0) is 25.0. The molecule has 0 heterocycles. The number of hydrogen-bond donors (Lipinski definition) is 2. The number of carbonyl (C=O) groups excluding carboxylic acids is 1. The summed E-state index contributed by atoms with van der Waals surface area (Å²) in [5.74, 6) is -3.85. The molecule has 2 N–H and O–H groups in total. The number of aliphatic hydroxyl groups is 1. The van der Waals surface area contributed by atoms with Gasteiger partial charge >= 0.3 is 5.97 Å². The summed E-state index contributed by atoms with van der Waals surface area (Å²) in [6.45, 7) is -0.289. The van der Waals surface area contributed by atoms with E-state index in [9.17, 15) is 27.1 Å². The average molecular weight is 514 g/mol. The number of benzene rings is 3. The number of aliphatic hydroxyl groups excluding tert-OH is 1. The highest BCUT2D eigenvalue weighted by molar-refractivity contribution is 7.92. The van der Waals surface area contributed by atoms with Gasteiger partial charge < -0.3 is 19.3 Å². The summed E-state index contributed by atoms with van der Waals surface area (Å²) in [5.41, 5.74) is -0.354. The zero-order valence-electron chi connectivity index (χ0n) is 17.8. The predicted molar refractivity (Wildman–Crippen MR) is 119 cm³/mol. The van der Waals surface area contributed by atoms with Gasteiger partial charge in [-0.05, 0) is 29.8 Å². The topological polar surface area (TPSA) is 111 Å². The van der Waals surface area contributed by atoms with Crippen molar-refractivity contribution >= 4 is 33.3 Å². The van der Waals surface area contributed by atoms with E-state index in [-0.39, 0.29) is 28.7 Å². The highest BCUT2D eigenvalue weighted by atomic mass is 35.5. The van der Waals surface area contributed by atoms with Gasteiger partial charge in [0, 0.05) is 12.1 Å². The fourth-order valence-electron chi connectivity index (χ4n) is 2.92. The molecule has 3 aromatic carbocycles. The third-order valence-corrected chi connectivity index (χ3v) is 6.15. The number of nitrogens with one attached hydrogen (secondary N) is 1. The molecule has 0 aliphatic heterocycles. The van der Waals surface area contributed by atoms with Crippen molar-refractivity contribution in [2.24, 2.45) is 0 Å². The number of rotatable bonds is 8. The van der Waals surface area contributed by atoms with Gasteiger partial charge in [-0.1, -0.05) is 23.7 Å². The molecule has 0 saturated heterocycles. The minimum Gasteiger partial charge on any atom is -0.494 e. The number of esters is 1. The fourth-order valence-corrected chi connectivity index (χ4v) is 4.55. The van der Waals surface area contributed by atoms with Crippen LogP contribution in [0.25, 0.3) is 0 Å². The molecule has 0 spiro atoms. The predicted octanol–water partition coefficient (Wildman–Crippen LogP) is 4.50. The summed E-state index contributed by atoms with van der Waals surface area (Å²) in [4.78, 5) is 11.3. The molecule has 0 unspecified atom stereocenters. The van der Waals surface area contributed by atoms with E-state index in [0.29, 0.717) is 11.6 Å². The van der Waals surface area contributed by atoms with E-state index in [1.54, 1.807) is 12.1 Å². The number of halogens is 3. The Balaban J connectivity index is 2.02. The minimum absolute atomic E-state index is 0.130. The van der Waals surface area contributed by atoms with E-state index >= 15 is 0 Å². The molecule has 3 rings (SSSR count). The first-order chi connectivity index (χ1) is 16.1. The summed E-state index contributed by atoms with van der Waals surface area (Å²) in [6, 6.07) is 9.40. The summed E-state index contributed by atoms with van der Waals surface area (Å²) >= 11 is 6.05. The zero-order valence-corrected chi connectivity index (χ0v) is 19.3. The molecule has 0 radical (unpaired) electrons. The molecule has 0 amide bonds. The average Bonchev–Trinajstić information content (AvgIpc) is 2.81. The number of sulfonamides is 1. The van der Waals surface area contributed by atoms with Crippen LogP contribution in [0.1, 0.15) is 15.9 Å². The van der Waals surface area contributed by atoms with Gasteiger partial charge in [0.1, 0.15) is 16.5 Å². The number of methoxy groups -OCH3 is 2. The molecular weight excluding hydrogens is 496 g/mol. The third-order valence-electron chi connectivity index (χ3n) is 4.50. The highest BCUT2D eigenvalue weighted by Gasteiger charge is 2.26. The van der Waals surface area contributed by atoms with Gasteiger partial charge in [-0.2, -0.15) is 0 Å². The van der Waals surface area contributed by atoms with Crippen LogP contribution in [0.4, 0.5) is 14.5 Å². The summed E-state index contributed by atoms with van der Waals surface area (Å²) < 4.78 is 71.9. The quantitative estimate of drug-likeness (QED) is 0.427. The van der Waals surface area contributed by atoms with Crippen molar-refractivity contribution < 1.29 is 41.3 Å².